The van der Waals surface area contributed by atoms with Crippen molar-refractivity contribution in [3.05, 3.63) is 41.0 Å². The van der Waals surface area contributed by atoms with Gasteiger partial charge >= 0.3 is 0 Å². The first-order chi connectivity index (χ1) is 13.1. The van der Waals surface area contributed by atoms with Gasteiger partial charge in [-0.2, -0.15) is 9.61 Å². The van der Waals surface area contributed by atoms with E-state index in [1.54, 1.807) is 7.11 Å². The minimum atomic E-state index is -0.0576. The van der Waals surface area contributed by atoms with Crippen molar-refractivity contribution in [2.75, 3.05) is 34.3 Å². The number of hydrogen-bond acceptors (Lipinski definition) is 7. The molecule has 1 N–H and O–H groups in total. The van der Waals surface area contributed by atoms with Gasteiger partial charge in [-0.3, -0.25) is 4.90 Å². The van der Waals surface area contributed by atoms with Crippen molar-refractivity contribution in [2.24, 2.45) is 0 Å². The first kappa shape index (κ1) is 18.2. The number of nitrogens with zero attached hydrogens (tertiary/aromatic N) is 5. The van der Waals surface area contributed by atoms with Crippen molar-refractivity contribution >= 4 is 16.3 Å². The summed E-state index contributed by atoms with van der Waals surface area (Å²) < 4.78 is 6.83. The molecule has 1 aromatic carbocycles. The van der Waals surface area contributed by atoms with Crippen LogP contribution in [0.4, 0.5) is 0 Å². The van der Waals surface area contributed by atoms with Gasteiger partial charge in [0.05, 0.1) is 18.0 Å². The number of ether oxygens (including phenoxy) is 1. The van der Waals surface area contributed by atoms with Crippen LogP contribution in [0.3, 0.4) is 0 Å². The fraction of sp³-hybridized carbons (Fsp3) is 0.474. The molecule has 0 saturated carbocycles. The summed E-state index contributed by atoms with van der Waals surface area (Å²) in [5.74, 6) is 0.999. The number of likely N-dealkylation sites (tertiary alicyclic amines) is 1. The van der Waals surface area contributed by atoms with Gasteiger partial charge < -0.3 is 14.7 Å². The van der Waals surface area contributed by atoms with Crippen LogP contribution in [0.15, 0.2) is 30.6 Å². The van der Waals surface area contributed by atoms with Gasteiger partial charge in [0.2, 0.25) is 10.8 Å². The molecule has 1 aliphatic rings. The number of hydrogen-bond donors (Lipinski definition) is 1. The second-order valence-corrected chi connectivity index (χ2v) is 8.13. The highest BCUT2D eigenvalue weighted by molar-refractivity contribution is 7.17. The van der Waals surface area contributed by atoms with Crippen molar-refractivity contribution in [2.45, 2.75) is 24.9 Å². The number of methoxy groups -OCH3 is 1. The molecule has 1 aliphatic heterocycles. The molecule has 1 atom stereocenters. The number of thiazole rings is 1. The molecule has 144 valence electrons. The van der Waals surface area contributed by atoms with E-state index < -0.39 is 0 Å². The quantitative estimate of drug-likeness (QED) is 0.726. The Morgan fingerprint density at radius 3 is 2.59 bits per heavy atom. The molecule has 0 aliphatic carbocycles. The Morgan fingerprint density at radius 2 is 1.96 bits per heavy atom. The fourth-order valence-electron chi connectivity index (χ4n) is 3.84. The maximum Gasteiger partial charge on any atom is 0.230 e. The second kappa shape index (κ2) is 7.46. The molecule has 0 spiro atoms. The van der Waals surface area contributed by atoms with Crippen LogP contribution in [0.2, 0.25) is 0 Å². The zero-order chi connectivity index (χ0) is 19.0. The number of rotatable bonds is 5. The van der Waals surface area contributed by atoms with Crippen LogP contribution in [-0.2, 0) is 0 Å². The number of benzene rings is 1. The predicted octanol–water partition coefficient (Wildman–Crippen LogP) is 2.62. The van der Waals surface area contributed by atoms with E-state index in [2.05, 4.69) is 46.1 Å². The maximum absolute atomic E-state index is 10.8. The predicted molar refractivity (Wildman–Crippen MR) is 106 cm³/mol. The molecule has 3 heterocycles. The number of aromatic hydroxyl groups is 1. The van der Waals surface area contributed by atoms with E-state index in [9.17, 15) is 5.11 Å². The van der Waals surface area contributed by atoms with Crippen LogP contribution >= 0.6 is 11.3 Å². The molecule has 4 rings (SSSR count). The summed E-state index contributed by atoms with van der Waals surface area (Å²) in [6.45, 7) is 2.18. The fourth-order valence-corrected chi connectivity index (χ4v) is 4.95. The Kier molecular flexibility index (Phi) is 5.03. The third-order valence-electron chi connectivity index (χ3n) is 5.49. The molecule has 2 aromatic heterocycles. The summed E-state index contributed by atoms with van der Waals surface area (Å²) in [4.78, 5) is 10.6. The summed E-state index contributed by atoms with van der Waals surface area (Å²) in [6.07, 6.45) is 3.70. The molecule has 27 heavy (non-hydrogen) atoms. The lowest BCUT2D eigenvalue weighted by Crippen LogP contribution is -2.43. The molecule has 7 nitrogen and oxygen atoms in total. The molecular weight excluding hydrogens is 362 g/mol. The lowest BCUT2D eigenvalue weighted by Gasteiger charge is -2.39. The standard InChI is InChI=1S/C19H25N5O2S/c1-22-10-8-14(9-11-22)23(2)16(13-4-6-15(26-3)7-5-13)17-18(25)24-19(27-17)20-12-21-24/h4-7,12,14,16,25H,8-11H2,1-3H3. The van der Waals surface area contributed by atoms with Crippen LogP contribution in [0.1, 0.15) is 29.3 Å². The van der Waals surface area contributed by atoms with Crippen molar-refractivity contribution in [3.8, 4) is 11.6 Å². The summed E-state index contributed by atoms with van der Waals surface area (Å²) in [5, 5.41) is 15.0. The summed E-state index contributed by atoms with van der Waals surface area (Å²) >= 11 is 1.49. The molecule has 0 radical (unpaired) electrons. The molecule has 8 heteroatoms. The molecule has 1 fully saturated rings. The molecular formula is C19H25N5O2S. The first-order valence-corrected chi connectivity index (χ1v) is 9.96. The monoisotopic (exact) mass is 387 g/mol. The number of aromatic nitrogens is 3. The minimum absolute atomic E-state index is 0.0576. The van der Waals surface area contributed by atoms with Crippen molar-refractivity contribution in [3.63, 3.8) is 0 Å². The van der Waals surface area contributed by atoms with E-state index in [4.69, 9.17) is 4.74 Å². The highest BCUT2D eigenvalue weighted by Gasteiger charge is 2.32. The van der Waals surface area contributed by atoms with Gasteiger partial charge in [0.1, 0.15) is 12.1 Å². The van der Waals surface area contributed by atoms with Crippen molar-refractivity contribution in [1.29, 1.82) is 0 Å². The third-order valence-corrected chi connectivity index (χ3v) is 6.58. The van der Waals surface area contributed by atoms with E-state index in [-0.39, 0.29) is 11.9 Å². The summed E-state index contributed by atoms with van der Waals surface area (Å²) in [6, 6.07) is 8.49. The summed E-state index contributed by atoms with van der Waals surface area (Å²) in [7, 11) is 5.99. The van der Waals surface area contributed by atoms with Gasteiger partial charge in [-0.25, -0.2) is 4.98 Å². The highest BCUT2D eigenvalue weighted by atomic mass is 32.1. The topological polar surface area (TPSA) is 66.1 Å². The van der Waals surface area contributed by atoms with Crippen LogP contribution in [0.5, 0.6) is 11.6 Å². The van der Waals surface area contributed by atoms with E-state index in [1.165, 1.54) is 22.2 Å². The van der Waals surface area contributed by atoms with E-state index in [0.717, 1.165) is 42.1 Å². The Bertz CT molecular complexity index is 899. The minimum Gasteiger partial charge on any atom is -0.497 e. The SMILES string of the molecule is COc1ccc(C(c2sc3ncnn3c2O)N(C)C2CCN(C)CC2)cc1. The molecule has 1 saturated heterocycles. The van der Waals surface area contributed by atoms with E-state index in [1.807, 2.05) is 12.1 Å². The molecule has 3 aromatic rings. The Labute approximate surface area is 162 Å². The highest BCUT2D eigenvalue weighted by Crippen LogP contribution is 2.41. The second-order valence-electron chi connectivity index (χ2n) is 7.12. The van der Waals surface area contributed by atoms with Gasteiger partial charge in [-0.05, 0) is 57.7 Å². The zero-order valence-corrected chi connectivity index (χ0v) is 16.7. The Balaban J connectivity index is 1.74. The summed E-state index contributed by atoms with van der Waals surface area (Å²) in [5.41, 5.74) is 1.12. The largest absolute Gasteiger partial charge is 0.497 e. The lowest BCUT2D eigenvalue weighted by atomic mass is 9.97. The molecule has 0 bridgehead atoms. The van der Waals surface area contributed by atoms with Gasteiger partial charge in [0.25, 0.3) is 0 Å². The van der Waals surface area contributed by atoms with Crippen molar-refractivity contribution < 1.29 is 9.84 Å². The smallest absolute Gasteiger partial charge is 0.230 e. The van der Waals surface area contributed by atoms with E-state index in [0.29, 0.717) is 11.0 Å². The number of piperidine rings is 1. The Morgan fingerprint density at radius 1 is 1.26 bits per heavy atom. The van der Waals surface area contributed by atoms with Crippen LogP contribution in [0, 0.1) is 0 Å². The van der Waals surface area contributed by atoms with Crippen molar-refractivity contribution in [1.82, 2.24) is 24.4 Å². The van der Waals surface area contributed by atoms with Gasteiger partial charge in [-0.1, -0.05) is 23.5 Å². The number of fused-ring (bicyclic) bond motifs is 1. The average molecular weight is 388 g/mol. The molecule has 1 unspecified atom stereocenters. The zero-order valence-electron chi connectivity index (χ0n) is 15.9. The van der Waals surface area contributed by atoms with Crippen LogP contribution < -0.4 is 4.74 Å². The van der Waals surface area contributed by atoms with Crippen LogP contribution in [-0.4, -0.2) is 69.8 Å². The lowest BCUT2D eigenvalue weighted by molar-refractivity contribution is 0.121. The van der Waals surface area contributed by atoms with Gasteiger partial charge in [-0.15, -0.1) is 0 Å². The molecule has 0 amide bonds. The van der Waals surface area contributed by atoms with E-state index >= 15 is 0 Å². The van der Waals surface area contributed by atoms with Gasteiger partial charge in [0.15, 0.2) is 0 Å². The average Bonchev–Trinajstić information content (AvgIpc) is 3.27. The Hall–Kier alpha value is -2.16. The maximum atomic E-state index is 10.8. The third kappa shape index (κ3) is 3.40. The normalized spacial score (nSPS) is 17.6. The first-order valence-electron chi connectivity index (χ1n) is 9.14. The van der Waals surface area contributed by atoms with Gasteiger partial charge in [0, 0.05) is 6.04 Å². The van der Waals surface area contributed by atoms with Crippen LogP contribution in [0.25, 0.3) is 4.96 Å².